The van der Waals surface area contributed by atoms with Crippen molar-refractivity contribution in [1.29, 1.82) is 0 Å². The van der Waals surface area contributed by atoms with Crippen LogP contribution < -0.4 is 5.32 Å². The summed E-state index contributed by atoms with van der Waals surface area (Å²) in [6, 6.07) is 10.2. The van der Waals surface area contributed by atoms with Gasteiger partial charge in [-0.15, -0.1) is 0 Å². The molecule has 0 spiro atoms. The Bertz CT molecular complexity index is 811. The number of hydrogen-bond donors (Lipinski definition) is 1. The highest BCUT2D eigenvalue weighted by atomic mass is 19.4. The van der Waals surface area contributed by atoms with Crippen molar-refractivity contribution in [3.8, 4) is 5.69 Å². The van der Waals surface area contributed by atoms with Gasteiger partial charge < -0.3 is 5.32 Å². The molecule has 1 N–H and O–H groups in total. The Hall–Kier alpha value is -2.90. The largest absolute Gasteiger partial charge is 0.433 e. The van der Waals surface area contributed by atoms with Gasteiger partial charge in [0, 0.05) is 6.20 Å². The van der Waals surface area contributed by atoms with E-state index in [1.165, 1.54) is 6.20 Å². The first-order valence-corrected chi connectivity index (χ1v) is 6.72. The lowest BCUT2D eigenvalue weighted by Crippen LogP contribution is -2.10. The molecule has 23 heavy (non-hydrogen) atoms. The van der Waals surface area contributed by atoms with Gasteiger partial charge in [-0.3, -0.25) is 0 Å². The molecular weight excluding hydrogens is 307 g/mol. The molecule has 0 saturated carbocycles. The lowest BCUT2D eigenvalue weighted by molar-refractivity contribution is -0.141. The van der Waals surface area contributed by atoms with Gasteiger partial charge in [0.25, 0.3) is 0 Å². The van der Waals surface area contributed by atoms with E-state index in [-0.39, 0.29) is 5.95 Å². The number of aromatic nitrogens is 4. The first-order valence-electron chi connectivity index (χ1n) is 6.72. The Labute approximate surface area is 129 Å². The van der Waals surface area contributed by atoms with Crippen molar-refractivity contribution < 1.29 is 13.2 Å². The molecule has 118 valence electrons. The van der Waals surface area contributed by atoms with E-state index in [4.69, 9.17) is 0 Å². The predicted molar refractivity (Wildman–Crippen MR) is 78.6 cm³/mol. The van der Waals surface area contributed by atoms with Gasteiger partial charge >= 0.3 is 6.18 Å². The molecule has 0 aliphatic heterocycles. The lowest BCUT2D eigenvalue weighted by atomic mass is 10.3. The minimum Gasteiger partial charge on any atom is -0.321 e. The summed E-state index contributed by atoms with van der Waals surface area (Å²) in [5, 5.41) is 7.00. The van der Waals surface area contributed by atoms with Crippen molar-refractivity contribution in [2.45, 2.75) is 13.1 Å². The van der Waals surface area contributed by atoms with Crippen LogP contribution in [-0.2, 0) is 6.18 Å². The van der Waals surface area contributed by atoms with Gasteiger partial charge in [-0.2, -0.15) is 18.3 Å². The van der Waals surface area contributed by atoms with E-state index in [9.17, 15) is 13.2 Å². The van der Waals surface area contributed by atoms with E-state index in [1.807, 2.05) is 30.3 Å². The highest BCUT2D eigenvalue weighted by molar-refractivity contribution is 5.56. The van der Waals surface area contributed by atoms with Crippen molar-refractivity contribution in [2.24, 2.45) is 0 Å². The van der Waals surface area contributed by atoms with Crippen molar-refractivity contribution in [3.63, 3.8) is 0 Å². The Morgan fingerprint density at radius 3 is 2.52 bits per heavy atom. The topological polar surface area (TPSA) is 55.6 Å². The summed E-state index contributed by atoms with van der Waals surface area (Å²) >= 11 is 0. The average Bonchev–Trinajstić information content (AvgIpc) is 2.89. The average molecular weight is 319 g/mol. The van der Waals surface area contributed by atoms with Gasteiger partial charge in [0.1, 0.15) is 5.69 Å². The number of benzene rings is 1. The van der Waals surface area contributed by atoms with E-state index in [1.54, 1.807) is 11.6 Å². The molecular formula is C15H12F3N5. The molecule has 0 unspecified atom stereocenters. The van der Waals surface area contributed by atoms with Crippen LogP contribution in [0.25, 0.3) is 5.69 Å². The predicted octanol–water partition coefficient (Wildman–Crippen LogP) is 3.73. The molecule has 0 aliphatic carbocycles. The third-order valence-corrected chi connectivity index (χ3v) is 3.20. The van der Waals surface area contributed by atoms with Crippen LogP contribution in [0, 0.1) is 6.92 Å². The van der Waals surface area contributed by atoms with E-state index in [2.05, 4.69) is 20.4 Å². The summed E-state index contributed by atoms with van der Waals surface area (Å²) in [7, 11) is 0. The second-order valence-electron chi connectivity index (χ2n) is 4.78. The number of nitrogens with one attached hydrogen (secondary N) is 1. The van der Waals surface area contributed by atoms with Crippen LogP contribution in [0.3, 0.4) is 0 Å². The molecule has 0 bridgehead atoms. The molecule has 8 heteroatoms. The highest BCUT2D eigenvalue weighted by Crippen LogP contribution is 2.28. The van der Waals surface area contributed by atoms with Crippen LogP contribution in [-0.4, -0.2) is 19.7 Å². The number of nitrogens with zero attached hydrogens (tertiary/aromatic N) is 4. The summed E-state index contributed by atoms with van der Waals surface area (Å²) in [6.45, 7) is 1.80. The van der Waals surface area contributed by atoms with Crippen molar-refractivity contribution in [2.75, 3.05) is 5.32 Å². The molecule has 2 heterocycles. The maximum atomic E-state index is 12.7. The number of halogens is 3. The Balaban J connectivity index is 1.89. The smallest absolute Gasteiger partial charge is 0.321 e. The zero-order valence-electron chi connectivity index (χ0n) is 12.0. The molecule has 5 nitrogen and oxygen atoms in total. The quantitative estimate of drug-likeness (QED) is 0.799. The number of rotatable bonds is 3. The molecule has 0 saturated heterocycles. The standard InChI is InChI=1S/C15H12F3N5/c1-10-12(9-20-23(10)11-5-3-2-4-6-11)21-14-19-8-7-13(22-14)15(16,17)18/h2-9H,1H3,(H,19,21,22). The monoisotopic (exact) mass is 319 g/mol. The molecule has 1 aromatic carbocycles. The van der Waals surface area contributed by atoms with Crippen LogP contribution in [0.4, 0.5) is 24.8 Å². The molecule has 0 atom stereocenters. The maximum absolute atomic E-state index is 12.7. The summed E-state index contributed by atoms with van der Waals surface area (Å²) in [4.78, 5) is 7.29. The van der Waals surface area contributed by atoms with Gasteiger partial charge in [-0.05, 0) is 25.1 Å². The van der Waals surface area contributed by atoms with E-state index in [0.717, 1.165) is 23.6 Å². The molecule has 3 aromatic rings. The van der Waals surface area contributed by atoms with E-state index < -0.39 is 11.9 Å². The van der Waals surface area contributed by atoms with Crippen LogP contribution in [0.2, 0.25) is 0 Å². The Morgan fingerprint density at radius 2 is 1.83 bits per heavy atom. The second-order valence-corrected chi connectivity index (χ2v) is 4.78. The Kier molecular flexibility index (Phi) is 3.73. The number of hydrogen-bond acceptors (Lipinski definition) is 4. The van der Waals surface area contributed by atoms with Gasteiger partial charge in [0.2, 0.25) is 5.95 Å². The minimum absolute atomic E-state index is 0.129. The number of para-hydroxylation sites is 1. The molecule has 0 aliphatic rings. The van der Waals surface area contributed by atoms with Crippen molar-refractivity contribution >= 4 is 11.6 Å². The van der Waals surface area contributed by atoms with Gasteiger partial charge in [-0.1, -0.05) is 18.2 Å². The fraction of sp³-hybridized carbons (Fsp3) is 0.133. The van der Waals surface area contributed by atoms with Gasteiger partial charge in [0.15, 0.2) is 0 Å². The normalized spacial score (nSPS) is 11.5. The minimum atomic E-state index is -4.51. The van der Waals surface area contributed by atoms with Crippen molar-refractivity contribution in [1.82, 2.24) is 19.7 Å². The highest BCUT2D eigenvalue weighted by Gasteiger charge is 2.32. The summed E-state index contributed by atoms with van der Waals surface area (Å²) < 4.78 is 39.7. The maximum Gasteiger partial charge on any atom is 0.433 e. The van der Waals surface area contributed by atoms with Crippen LogP contribution in [0.5, 0.6) is 0 Å². The number of anilines is 2. The summed E-state index contributed by atoms with van der Waals surface area (Å²) in [5.74, 6) is -0.129. The third kappa shape index (κ3) is 3.15. The van der Waals surface area contributed by atoms with E-state index >= 15 is 0 Å². The number of alkyl halides is 3. The fourth-order valence-electron chi connectivity index (χ4n) is 2.06. The molecule has 0 amide bonds. The lowest BCUT2D eigenvalue weighted by Gasteiger charge is -2.09. The first-order chi connectivity index (χ1) is 10.9. The van der Waals surface area contributed by atoms with Crippen LogP contribution >= 0.6 is 0 Å². The Morgan fingerprint density at radius 1 is 1.09 bits per heavy atom. The summed E-state index contributed by atoms with van der Waals surface area (Å²) in [5.41, 5.74) is 1.12. The van der Waals surface area contributed by atoms with Crippen molar-refractivity contribution in [3.05, 3.63) is 60.2 Å². The summed E-state index contributed by atoms with van der Waals surface area (Å²) in [6.07, 6.45) is -1.93. The van der Waals surface area contributed by atoms with Crippen LogP contribution in [0.1, 0.15) is 11.4 Å². The molecule has 0 radical (unpaired) electrons. The zero-order chi connectivity index (χ0) is 16.4. The fourth-order valence-corrected chi connectivity index (χ4v) is 2.06. The SMILES string of the molecule is Cc1c(Nc2nccc(C(F)(F)F)n2)cnn1-c1ccccc1. The first kappa shape index (κ1) is 15.0. The molecule has 2 aromatic heterocycles. The van der Waals surface area contributed by atoms with Gasteiger partial charge in [0.05, 0.1) is 23.3 Å². The third-order valence-electron chi connectivity index (χ3n) is 3.20. The van der Waals surface area contributed by atoms with Gasteiger partial charge in [-0.25, -0.2) is 14.6 Å². The molecule has 0 fully saturated rings. The zero-order valence-corrected chi connectivity index (χ0v) is 12.0. The second kappa shape index (κ2) is 5.71. The molecule has 3 rings (SSSR count). The van der Waals surface area contributed by atoms with Crippen LogP contribution in [0.15, 0.2) is 48.8 Å². The van der Waals surface area contributed by atoms with E-state index in [0.29, 0.717) is 5.69 Å².